The molecule has 0 aromatic heterocycles. The second-order valence-electron chi connectivity index (χ2n) is 4.98. The fourth-order valence-corrected chi connectivity index (χ4v) is 1.97. The molecule has 2 rings (SSSR count). The molecule has 0 unspecified atom stereocenters. The van der Waals surface area contributed by atoms with Gasteiger partial charge in [0.2, 0.25) is 0 Å². The minimum atomic E-state index is -1.68. The van der Waals surface area contributed by atoms with Gasteiger partial charge in [-0.05, 0) is 41.7 Å². The fraction of sp³-hybridized carbons (Fsp3) is 0.188. The number of carbonyl (C=O) groups is 1. The number of aryl methyl sites for hydroxylation is 1. The Morgan fingerprint density at radius 1 is 1.17 bits per heavy atom. The van der Waals surface area contributed by atoms with E-state index < -0.39 is 13.0 Å². The number of hydrogen-bond donors (Lipinski definition) is 4. The summed E-state index contributed by atoms with van der Waals surface area (Å²) in [5, 5.41) is 30.4. The van der Waals surface area contributed by atoms with Crippen LogP contribution in [-0.4, -0.2) is 34.8 Å². The van der Waals surface area contributed by atoms with Crippen molar-refractivity contribution in [2.24, 2.45) is 0 Å². The molecule has 120 valence electrons. The SMILES string of the molecule is CCc1ccc(OCC(=O)Nc2cc(B(O)O)ccc2O)cc1. The number of carbonyl (C=O) groups excluding carboxylic acids is 1. The third-order valence-corrected chi connectivity index (χ3v) is 3.29. The maximum atomic E-state index is 11.9. The maximum absolute atomic E-state index is 11.9. The summed E-state index contributed by atoms with van der Waals surface area (Å²) in [4.78, 5) is 11.9. The van der Waals surface area contributed by atoms with Crippen LogP contribution in [0.1, 0.15) is 12.5 Å². The number of anilines is 1. The summed E-state index contributed by atoms with van der Waals surface area (Å²) in [6.07, 6.45) is 0.924. The first-order valence-corrected chi connectivity index (χ1v) is 7.20. The van der Waals surface area contributed by atoms with Crippen LogP contribution in [0.15, 0.2) is 42.5 Å². The molecular formula is C16H18BNO5. The molecule has 0 aliphatic heterocycles. The standard InChI is InChI=1S/C16H18BNO5/c1-2-11-3-6-13(7-4-11)23-10-16(20)18-14-9-12(17(21)22)5-8-15(14)19/h3-9,19,21-22H,2,10H2,1H3,(H,18,20). The first-order valence-electron chi connectivity index (χ1n) is 7.20. The Labute approximate surface area is 134 Å². The molecule has 1 amide bonds. The zero-order valence-electron chi connectivity index (χ0n) is 12.7. The van der Waals surface area contributed by atoms with Gasteiger partial charge in [-0.15, -0.1) is 0 Å². The van der Waals surface area contributed by atoms with Crippen molar-refractivity contribution in [2.45, 2.75) is 13.3 Å². The predicted octanol–water partition coefficient (Wildman–Crippen LogP) is 0.652. The van der Waals surface area contributed by atoms with Crippen molar-refractivity contribution in [3.8, 4) is 11.5 Å². The van der Waals surface area contributed by atoms with E-state index in [2.05, 4.69) is 5.32 Å². The smallest absolute Gasteiger partial charge is 0.488 e. The topological polar surface area (TPSA) is 99.0 Å². The highest BCUT2D eigenvalue weighted by molar-refractivity contribution is 6.58. The average Bonchev–Trinajstić information content (AvgIpc) is 2.55. The number of benzene rings is 2. The normalized spacial score (nSPS) is 10.2. The van der Waals surface area contributed by atoms with Crippen LogP contribution in [0.25, 0.3) is 0 Å². The Balaban J connectivity index is 1.95. The summed E-state index contributed by atoms with van der Waals surface area (Å²) in [7, 11) is -1.68. The van der Waals surface area contributed by atoms with Crippen molar-refractivity contribution in [1.82, 2.24) is 0 Å². The molecule has 0 heterocycles. The van der Waals surface area contributed by atoms with E-state index in [0.717, 1.165) is 6.42 Å². The van der Waals surface area contributed by atoms with Crippen LogP contribution in [0.3, 0.4) is 0 Å². The maximum Gasteiger partial charge on any atom is 0.488 e. The van der Waals surface area contributed by atoms with E-state index >= 15 is 0 Å². The Morgan fingerprint density at radius 2 is 1.87 bits per heavy atom. The van der Waals surface area contributed by atoms with Gasteiger partial charge in [0, 0.05) is 0 Å². The van der Waals surface area contributed by atoms with E-state index in [1.54, 1.807) is 12.1 Å². The van der Waals surface area contributed by atoms with Crippen molar-refractivity contribution in [3.05, 3.63) is 48.0 Å². The van der Waals surface area contributed by atoms with Gasteiger partial charge in [0.05, 0.1) is 5.69 Å². The van der Waals surface area contributed by atoms with Gasteiger partial charge in [-0.2, -0.15) is 0 Å². The third-order valence-electron chi connectivity index (χ3n) is 3.29. The van der Waals surface area contributed by atoms with E-state index in [1.807, 2.05) is 19.1 Å². The van der Waals surface area contributed by atoms with Crippen molar-refractivity contribution in [2.75, 3.05) is 11.9 Å². The molecule has 2 aromatic rings. The molecule has 0 saturated carbocycles. The lowest BCUT2D eigenvalue weighted by atomic mass is 9.80. The second kappa shape index (κ2) is 7.67. The Kier molecular flexibility index (Phi) is 5.62. The highest BCUT2D eigenvalue weighted by Crippen LogP contribution is 2.21. The lowest BCUT2D eigenvalue weighted by Gasteiger charge is -2.10. The summed E-state index contributed by atoms with van der Waals surface area (Å²) in [6.45, 7) is 1.82. The van der Waals surface area contributed by atoms with Gasteiger partial charge in [0.15, 0.2) is 6.61 Å². The first-order chi connectivity index (χ1) is 11.0. The van der Waals surface area contributed by atoms with Crippen LogP contribution in [0.4, 0.5) is 5.69 Å². The zero-order chi connectivity index (χ0) is 16.8. The minimum Gasteiger partial charge on any atom is -0.506 e. The van der Waals surface area contributed by atoms with Crippen molar-refractivity contribution < 1.29 is 24.7 Å². The number of hydrogen-bond acceptors (Lipinski definition) is 5. The van der Waals surface area contributed by atoms with Crippen LogP contribution in [0.5, 0.6) is 11.5 Å². The molecule has 0 aliphatic rings. The molecule has 0 bridgehead atoms. The van der Waals surface area contributed by atoms with E-state index in [-0.39, 0.29) is 23.5 Å². The van der Waals surface area contributed by atoms with Gasteiger partial charge in [-0.1, -0.05) is 25.1 Å². The predicted molar refractivity (Wildman–Crippen MR) is 87.9 cm³/mol. The summed E-state index contributed by atoms with van der Waals surface area (Å²) in [5.74, 6) is -0.0689. The van der Waals surface area contributed by atoms with Gasteiger partial charge >= 0.3 is 7.12 Å². The van der Waals surface area contributed by atoms with Gasteiger partial charge < -0.3 is 25.2 Å². The first kappa shape index (κ1) is 16.9. The molecular weight excluding hydrogens is 297 g/mol. The fourth-order valence-electron chi connectivity index (χ4n) is 1.97. The van der Waals surface area contributed by atoms with Crippen LogP contribution in [-0.2, 0) is 11.2 Å². The van der Waals surface area contributed by atoms with Gasteiger partial charge in [-0.3, -0.25) is 4.79 Å². The van der Waals surface area contributed by atoms with Crippen LogP contribution in [0, 0.1) is 0 Å². The van der Waals surface area contributed by atoms with Crippen LogP contribution in [0.2, 0.25) is 0 Å². The van der Waals surface area contributed by atoms with Crippen molar-refractivity contribution in [1.29, 1.82) is 0 Å². The average molecular weight is 315 g/mol. The largest absolute Gasteiger partial charge is 0.506 e. The summed E-state index contributed by atoms with van der Waals surface area (Å²) in [6, 6.07) is 11.3. The lowest BCUT2D eigenvalue weighted by molar-refractivity contribution is -0.118. The number of ether oxygens (including phenoxy) is 1. The molecule has 0 radical (unpaired) electrons. The lowest BCUT2D eigenvalue weighted by Crippen LogP contribution is -2.30. The van der Waals surface area contributed by atoms with Crippen molar-refractivity contribution >= 4 is 24.2 Å². The number of phenols is 1. The minimum absolute atomic E-state index is 0.0885. The summed E-state index contributed by atoms with van der Waals surface area (Å²) >= 11 is 0. The quantitative estimate of drug-likeness (QED) is 0.463. The summed E-state index contributed by atoms with van der Waals surface area (Å²) in [5.41, 5.74) is 1.42. The van der Waals surface area contributed by atoms with Crippen molar-refractivity contribution in [3.63, 3.8) is 0 Å². The Bertz CT molecular complexity index is 673. The van der Waals surface area contributed by atoms with Gasteiger partial charge in [0.1, 0.15) is 11.5 Å². The monoisotopic (exact) mass is 315 g/mol. The molecule has 0 spiro atoms. The molecule has 0 fully saturated rings. The van der Waals surface area contributed by atoms with Crippen LogP contribution < -0.4 is 15.5 Å². The molecule has 0 aliphatic carbocycles. The highest BCUT2D eigenvalue weighted by Gasteiger charge is 2.14. The second-order valence-corrected chi connectivity index (χ2v) is 4.98. The Morgan fingerprint density at radius 3 is 2.48 bits per heavy atom. The van der Waals surface area contributed by atoms with Gasteiger partial charge in [0.25, 0.3) is 5.91 Å². The molecule has 0 atom stereocenters. The number of amides is 1. The molecule has 2 aromatic carbocycles. The number of nitrogens with one attached hydrogen (secondary N) is 1. The number of aromatic hydroxyl groups is 1. The van der Waals surface area contributed by atoms with E-state index in [9.17, 15) is 9.90 Å². The van der Waals surface area contributed by atoms with Gasteiger partial charge in [-0.25, -0.2) is 0 Å². The molecule has 0 saturated heterocycles. The highest BCUT2D eigenvalue weighted by atomic mass is 16.5. The Hall–Kier alpha value is -2.51. The number of rotatable bonds is 6. The van der Waals surface area contributed by atoms with Crippen LogP contribution >= 0.6 is 0 Å². The molecule has 4 N–H and O–H groups in total. The number of phenolic OH excluding ortho intramolecular Hbond substituents is 1. The molecule has 6 nitrogen and oxygen atoms in total. The summed E-state index contributed by atoms with van der Waals surface area (Å²) < 4.78 is 5.36. The molecule has 7 heteroatoms. The van der Waals surface area contributed by atoms with E-state index in [0.29, 0.717) is 5.75 Å². The third kappa shape index (κ3) is 4.74. The molecule has 23 heavy (non-hydrogen) atoms. The zero-order valence-corrected chi connectivity index (χ0v) is 12.7. The van der Waals surface area contributed by atoms with E-state index in [1.165, 1.54) is 23.8 Å². The van der Waals surface area contributed by atoms with E-state index in [4.69, 9.17) is 14.8 Å².